The topological polar surface area (TPSA) is 79.8 Å². The molecule has 1 aliphatic rings. The SMILES string of the molecule is COc1cc(C(C)C)ccc1NC(=O)C1=NNC(=O)CC1. The summed E-state index contributed by atoms with van der Waals surface area (Å²) >= 11 is 0. The maximum Gasteiger partial charge on any atom is 0.271 e. The molecule has 1 aromatic rings. The molecule has 0 aliphatic carbocycles. The molecule has 0 atom stereocenters. The molecule has 21 heavy (non-hydrogen) atoms. The smallest absolute Gasteiger partial charge is 0.271 e. The van der Waals surface area contributed by atoms with Crippen molar-refractivity contribution in [1.29, 1.82) is 0 Å². The van der Waals surface area contributed by atoms with Crippen molar-refractivity contribution in [3.8, 4) is 5.75 Å². The Morgan fingerprint density at radius 2 is 2.14 bits per heavy atom. The van der Waals surface area contributed by atoms with Crippen LogP contribution in [-0.2, 0) is 9.59 Å². The number of amides is 2. The standard InChI is InChI=1S/C15H19N3O3/c1-9(2)10-4-5-11(13(8-10)21-3)16-15(20)12-6-7-14(19)18-17-12/h4-5,8-9H,6-7H2,1-3H3,(H,16,20)(H,18,19). The third kappa shape index (κ3) is 3.59. The molecular formula is C15H19N3O3. The highest BCUT2D eigenvalue weighted by Gasteiger charge is 2.19. The van der Waals surface area contributed by atoms with Crippen molar-refractivity contribution in [2.75, 3.05) is 12.4 Å². The fraction of sp³-hybridized carbons (Fsp3) is 0.400. The lowest BCUT2D eigenvalue weighted by Gasteiger charge is -2.15. The van der Waals surface area contributed by atoms with Gasteiger partial charge < -0.3 is 10.1 Å². The Balaban J connectivity index is 2.15. The second kappa shape index (κ2) is 6.39. The zero-order valence-electron chi connectivity index (χ0n) is 12.4. The predicted octanol–water partition coefficient (Wildman–Crippen LogP) is 2.02. The van der Waals surface area contributed by atoms with Crippen molar-refractivity contribution in [2.45, 2.75) is 32.6 Å². The number of nitrogens with one attached hydrogen (secondary N) is 2. The summed E-state index contributed by atoms with van der Waals surface area (Å²) in [6.07, 6.45) is 0.611. The van der Waals surface area contributed by atoms with E-state index in [9.17, 15) is 9.59 Å². The van der Waals surface area contributed by atoms with Crippen LogP contribution in [0, 0.1) is 0 Å². The second-order valence-corrected chi connectivity index (χ2v) is 5.16. The number of ether oxygens (including phenoxy) is 1. The first-order chi connectivity index (χ1) is 10.0. The van der Waals surface area contributed by atoms with Crippen LogP contribution < -0.4 is 15.5 Å². The molecule has 6 heteroatoms. The summed E-state index contributed by atoms with van der Waals surface area (Å²) in [5.74, 6) is 0.479. The summed E-state index contributed by atoms with van der Waals surface area (Å²) in [6, 6.07) is 5.67. The third-order valence-corrected chi connectivity index (χ3v) is 3.31. The van der Waals surface area contributed by atoms with E-state index in [1.807, 2.05) is 18.2 Å². The molecule has 0 aromatic heterocycles. The highest BCUT2D eigenvalue weighted by molar-refractivity contribution is 6.43. The van der Waals surface area contributed by atoms with Gasteiger partial charge in [0.2, 0.25) is 5.91 Å². The highest BCUT2D eigenvalue weighted by atomic mass is 16.5. The third-order valence-electron chi connectivity index (χ3n) is 3.31. The zero-order valence-corrected chi connectivity index (χ0v) is 12.4. The van der Waals surface area contributed by atoms with Gasteiger partial charge in [-0.1, -0.05) is 19.9 Å². The number of benzene rings is 1. The Bertz CT molecular complexity index is 594. The summed E-state index contributed by atoms with van der Waals surface area (Å²) in [5, 5.41) is 6.54. The summed E-state index contributed by atoms with van der Waals surface area (Å²) in [5.41, 5.74) is 4.34. The van der Waals surface area contributed by atoms with Crippen LogP contribution >= 0.6 is 0 Å². The van der Waals surface area contributed by atoms with Crippen molar-refractivity contribution in [3.05, 3.63) is 23.8 Å². The van der Waals surface area contributed by atoms with E-state index in [0.29, 0.717) is 29.5 Å². The molecule has 0 spiro atoms. The lowest BCUT2D eigenvalue weighted by atomic mass is 10.0. The Kier molecular flexibility index (Phi) is 4.57. The van der Waals surface area contributed by atoms with E-state index in [1.54, 1.807) is 7.11 Å². The number of methoxy groups -OCH3 is 1. The maximum absolute atomic E-state index is 12.1. The van der Waals surface area contributed by atoms with Crippen LogP contribution in [-0.4, -0.2) is 24.6 Å². The normalized spacial score (nSPS) is 14.5. The van der Waals surface area contributed by atoms with Crippen molar-refractivity contribution in [3.63, 3.8) is 0 Å². The van der Waals surface area contributed by atoms with Crippen molar-refractivity contribution in [1.82, 2.24) is 5.43 Å². The highest BCUT2D eigenvalue weighted by Crippen LogP contribution is 2.28. The van der Waals surface area contributed by atoms with E-state index in [4.69, 9.17) is 4.74 Å². The number of carbonyl (C=O) groups is 2. The predicted molar refractivity (Wildman–Crippen MR) is 80.5 cm³/mol. The fourth-order valence-electron chi connectivity index (χ4n) is 2.00. The molecule has 0 saturated carbocycles. The van der Waals surface area contributed by atoms with Crippen LogP contribution in [0.3, 0.4) is 0 Å². The molecule has 0 bridgehead atoms. The second-order valence-electron chi connectivity index (χ2n) is 5.16. The summed E-state index contributed by atoms with van der Waals surface area (Å²) < 4.78 is 5.32. The maximum atomic E-state index is 12.1. The van der Waals surface area contributed by atoms with E-state index in [-0.39, 0.29) is 18.2 Å². The average molecular weight is 289 g/mol. The van der Waals surface area contributed by atoms with Crippen LogP contribution in [0.2, 0.25) is 0 Å². The Labute approximate surface area is 123 Å². The summed E-state index contributed by atoms with van der Waals surface area (Å²) in [6.45, 7) is 4.18. The molecule has 0 fully saturated rings. The number of hydrogen-bond acceptors (Lipinski definition) is 4. The van der Waals surface area contributed by atoms with Crippen LogP contribution in [0.4, 0.5) is 5.69 Å². The first-order valence-electron chi connectivity index (χ1n) is 6.86. The minimum absolute atomic E-state index is 0.176. The molecule has 0 radical (unpaired) electrons. The number of rotatable bonds is 4. The molecule has 2 N–H and O–H groups in total. The van der Waals surface area contributed by atoms with Crippen LogP contribution in [0.25, 0.3) is 0 Å². The zero-order chi connectivity index (χ0) is 15.4. The average Bonchev–Trinajstić information content (AvgIpc) is 2.48. The molecule has 112 valence electrons. The van der Waals surface area contributed by atoms with Gasteiger partial charge in [0, 0.05) is 12.8 Å². The minimum Gasteiger partial charge on any atom is -0.495 e. The Morgan fingerprint density at radius 1 is 1.38 bits per heavy atom. The number of nitrogens with zero attached hydrogens (tertiary/aromatic N) is 1. The first-order valence-corrected chi connectivity index (χ1v) is 6.86. The molecule has 1 aliphatic heterocycles. The van der Waals surface area contributed by atoms with E-state index in [1.165, 1.54) is 0 Å². The summed E-state index contributed by atoms with van der Waals surface area (Å²) in [7, 11) is 1.56. The van der Waals surface area contributed by atoms with Crippen molar-refractivity contribution in [2.24, 2.45) is 5.10 Å². The molecule has 1 aromatic carbocycles. The van der Waals surface area contributed by atoms with Crippen LogP contribution in [0.1, 0.15) is 38.2 Å². The van der Waals surface area contributed by atoms with E-state index < -0.39 is 0 Å². The molecule has 6 nitrogen and oxygen atoms in total. The van der Waals surface area contributed by atoms with Gasteiger partial charge in [0.15, 0.2) is 0 Å². The van der Waals surface area contributed by atoms with Crippen LogP contribution in [0.15, 0.2) is 23.3 Å². The fourth-order valence-corrected chi connectivity index (χ4v) is 2.00. The van der Waals surface area contributed by atoms with Gasteiger partial charge in [-0.05, 0) is 23.6 Å². The minimum atomic E-state index is -0.328. The van der Waals surface area contributed by atoms with Crippen molar-refractivity contribution < 1.29 is 14.3 Å². The van der Waals surface area contributed by atoms with Crippen LogP contribution in [0.5, 0.6) is 5.75 Å². The number of anilines is 1. The quantitative estimate of drug-likeness (QED) is 0.890. The number of hydrogen-bond donors (Lipinski definition) is 2. The molecular weight excluding hydrogens is 270 g/mol. The lowest BCUT2D eigenvalue weighted by Crippen LogP contribution is -2.32. The molecule has 1 heterocycles. The number of carbonyl (C=O) groups excluding carboxylic acids is 2. The molecule has 2 amide bonds. The molecule has 2 rings (SSSR count). The Hall–Kier alpha value is -2.37. The van der Waals surface area contributed by atoms with Gasteiger partial charge in [0.25, 0.3) is 5.91 Å². The van der Waals surface area contributed by atoms with E-state index in [2.05, 4.69) is 29.7 Å². The van der Waals surface area contributed by atoms with E-state index in [0.717, 1.165) is 5.56 Å². The molecule has 0 unspecified atom stereocenters. The monoisotopic (exact) mass is 289 g/mol. The van der Waals surface area contributed by atoms with Gasteiger partial charge in [0.05, 0.1) is 12.8 Å². The molecule has 0 saturated heterocycles. The lowest BCUT2D eigenvalue weighted by molar-refractivity contribution is -0.121. The van der Waals surface area contributed by atoms with Gasteiger partial charge in [-0.3, -0.25) is 9.59 Å². The van der Waals surface area contributed by atoms with Crippen molar-refractivity contribution >= 4 is 23.2 Å². The van der Waals surface area contributed by atoms with Gasteiger partial charge in [-0.2, -0.15) is 5.10 Å². The van der Waals surface area contributed by atoms with E-state index >= 15 is 0 Å². The van der Waals surface area contributed by atoms with Gasteiger partial charge >= 0.3 is 0 Å². The van der Waals surface area contributed by atoms with Gasteiger partial charge in [-0.25, -0.2) is 5.43 Å². The van der Waals surface area contributed by atoms with Gasteiger partial charge in [0.1, 0.15) is 11.5 Å². The first kappa shape index (κ1) is 15.0. The largest absolute Gasteiger partial charge is 0.495 e. The number of hydrazone groups is 1. The van der Waals surface area contributed by atoms with Gasteiger partial charge in [-0.15, -0.1) is 0 Å². The summed E-state index contributed by atoms with van der Waals surface area (Å²) in [4.78, 5) is 23.1. The Morgan fingerprint density at radius 3 is 2.71 bits per heavy atom.